The number of likely N-dealkylation sites (tertiary alicyclic amines) is 1. The van der Waals surface area contributed by atoms with Crippen LogP contribution >= 0.6 is 0 Å². The van der Waals surface area contributed by atoms with Crippen LogP contribution in [0.4, 0.5) is 0 Å². The topological polar surface area (TPSA) is 136 Å². The first-order chi connectivity index (χ1) is 17.9. The first kappa shape index (κ1) is 25.6. The fraction of sp³-hybridized carbons (Fsp3) is 0.654. The lowest BCUT2D eigenvalue weighted by molar-refractivity contribution is -0.159. The number of aliphatic hydroxyl groups is 1. The molecule has 1 aromatic heterocycles. The summed E-state index contributed by atoms with van der Waals surface area (Å²) < 4.78 is 13.5. The smallest absolute Gasteiger partial charge is 0.312 e. The van der Waals surface area contributed by atoms with E-state index in [0.29, 0.717) is 32.2 Å². The number of benzene rings is 1. The average molecular weight is 514 g/mol. The van der Waals surface area contributed by atoms with E-state index in [4.69, 9.17) is 14.6 Å². The molecular formula is C26H35N5O6. The lowest BCUT2D eigenvalue weighted by atomic mass is 9.66. The molecule has 5 rings (SSSR count). The second-order valence-electron chi connectivity index (χ2n) is 10.4. The number of carbonyl (C=O) groups excluding carboxylic acids is 3. The summed E-state index contributed by atoms with van der Waals surface area (Å²) in [5.41, 5.74) is -0.419. The Morgan fingerprint density at radius 3 is 2.78 bits per heavy atom. The van der Waals surface area contributed by atoms with Gasteiger partial charge in [0.05, 0.1) is 23.6 Å². The molecule has 3 fully saturated rings. The van der Waals surface area contributed by atoms with Crippen LogP contribution in [0.3, 0.4) is 0 Å². The molecule has 0 aliphatic carbocycles. The molecule has 2 bridgehead atoms. The largest absolute Gasteiger partial charge is 0.466 e. The van der Waals surface area contributed by atoms with E-state index in [0.717, 1.165) is 23.9 Å². The molecule has 3 aliphatic rings. The standard InChI is InChI=1S/C26H35N5O6/c1-3-36-24(35)20-19-23(34)30(14-8-4-5-9-15-32)21(26(19)13-12-25(20,2)37-26)22(33)27-16-31-18-11-7-6-10-17(18)28-29-31/h6-7,10-11,19-21,32H,3-5,8-9,12-16H2,1-2H3,(H,27,33)/t19-,20-,21?,25+,26?/m0/s1. The molecule has 11 heteroatoms. The number of esters is 1. The molecule has 1 spiro atoms. The number of unbranched alkanes of at least 4 members (excludes halogenated alkanes) is 3. The van der Waals surface area contributed by atoms with Crippen LogP contribution in [0.15, 0.2) is 24.3 Å². The van der Waals surface area contributed by atoms with Gasteiger partial charge in [0.25, 0.3) is 0 Å². The van der Waals surface area contributed by atoms with Crippen LogP contribution in [-0.4, -0.2) is 79.8 Å². The third-order valence-electron chi connectivity index (χ3n) is 8.20. The number of nitrogens with zero attached hydrogens (tertiary/aromatic N) is 4. The third kappa shape index (κ3) is 4.17. The van der Waals surface area contributed by atoms with E-state index in [1.807, 2.05) is 31.2 Å². The van der Waals surface area contributed by atoms with Gasteiger partial charge in [-0.25, -0.2) is 4.68 Å². The number of hydrogen-bond acceptors (Lipinski definition) is 8. The van der Waals surface area contributed by atoms with Crippen molar-refractivity contribution in [1.82, 2.24) is 25.2 Å². The first-order valence-electron chi connectivity index (χ1n) is 13.2. The van der Waals surface area contributed by atoms with Gasteiger partial charge in [-0.2, -0.15) is 0 Å². The van der Waals surface area contributed by atoms with Crippen molar-refractivity contribution in [2.45, 2.75) is 76.3 Å². The van der Waals surface area contributed by atoms with Crippen LogP contribution < -0.4 is 5.32 Å². The molecule has 2 N–H and O–H groups in total. The number of para-hydroxylation sites is 1. The van der Waals surface area contributed by atoms with Gasteiger partial charge in [0.2, 0.25) is 11.8 Å². The molecular weight excluding hydrogens is 478 g/mol. The normalized spacial score (nSPS) is 30.2. The number of fused-ring (bicyclic) bond motifs is 2. The molecule has 0 saturated carbocycles. The number of carbonyl (C=O) groups is 3. The molecule has 0 radical (unpaired) electrons. The molecule has 2 unspecified atom stereocenters. The van der Waals surface area contributed by atoms with E-state index >= 15 is 0 Å². The highest BCUT2D eigenvalue weighted by atomic mass is 16.6. The maximum Gasteiger partial charge on any atom is 0.312 e. The zero-order chi connectivity index (χ0) is 26.2. The van der Waals surface area contributed by atoms with E-state index < -0.39 is 35.0 Å². The quantitative estimate of drug-likeness (QED) is 0.340. The molecule has 37 heavy (non-hydrogen) atoms. The van der Waals surface area contributed by atoms with Crippen molar-refractivity contribution < 1.29 is 29.0 Å². The third-order valence-corrected chi connectivity index (χ3v) is 8.20. The van der Waals surface area contributed by atoms with Crippen molar-refractivity contribution in [3.05, 3.63) is 24.3 Å². The van der Waals surface area contributed by atoms with Crippen molar-refractivity contribution in [3.63, 3.8) is 0 Å². The minimum atomic E-state index is -1.08. The van der Waals surface area contributed by atoms with Crippen molar-refractivity contribution in [2.75, 3.05) is 19.8 Å². The van der Waals surface area contributed by atoms with E-state index in [-0.39, 0.29) is 31.7 Å². The maximum atomic E-state index is 13.9. The lowest BCUT2D eigenvalue weighted by Gasteiger charge is -2.33. The van der Waals surface area contributed by atoms with Gasteiger partial charge < -0.3 is 24.8 Å². The molecule has 3 aliphatic heterocycles. The number of aliphatic hydroxyl groups excluding tert-OH is 1. The fourth-order valence-corrected chi connectivity index (χ4v) is 6.59. The van der Waals surface area contributed by atoms with E-state index in [1.54, 1.807) is 16.5 Å². The first-order valence-corrected chi connectivity index (χ1v) is 13.2. The molecule has 2 aromatic rings. The summed E-state index contributed by atoms with van der Waals surface area (Å²) in [6.45, 7) is 4.40. The number of nitrogens with one attached hydrogen (secondary N) is 1. The number of amides is 2. The molecule has 1 aromatic carbocycles. The van der Waals surface area contributed by atoms with Gasteiger partial charge in [0, 0.05) is 13.2 Å². The van der Waals surface area contributed by atoms with Crippen LogP contribution in [0.5, 0.6) is 0 Å². The zero-order valence-corrected chi connectivity index (χ0v) is 21.4. The Labute approximate surface area is 215 Å². The Morgan fingerprint density at radius 1 is 1.22 bits per heavy atom. The number of hydrogen-bond donors (Lipinski definition) is 2. The summed E-state index contributed by atoms with van der Waals surface area (Å²) in [4.78, 5) is 42.3. The summed E-state index contributed by atoms with van der Waals surface area (Å²) in [6, 6.07) is 6.61. The van der Waals surface area contributed by atoms with Crippen LogP contribution in [0.25, 0.3) is 11.0 Å². The minimum Gasteiger partial charge on any atom is -0.466 e. The highest BCUT2D eigenvalue weighted by Gasteiger charge is 2.78. The summed E-state index contributed by atoms with van der Waals surface area (Å²) in [5, 5.41) is 20.3. The van der Waals surface area contributed by atoms with Gasteiger partial charge in [-0.3, -0.25) is 14.4 Å². The zero-order valence-electron chi connectivity index (χ0n) is 21.4. The Bertz CT molecular complexity index is 1190. The second-order valence-corrected chi connectivity index (χ2v) is 10.4. The number of rotatable bonds is 11. The summed E-state index contributed by atoms with van der Waals surface area (Å²) in [5.74, 6) is -2.51. The summed E-state index contributed by atoms with van der Waals surface area (Å²) in [6.07, 6.45) is 4.13. The molecule has 3 saturated heterocycles. The van der Waals surface area contributed by atoms with Crippen molar-refractivity contribution >= 4 is 28.8 Å². The van der Waals surface area contributed by atoms with E-state index in [1.165, 1.54) is 0 Å². The molecule has 5 atom stereocenters. The van der Waals surface area contributed by atoms with Crippen LogP contribution in [0.2, 0.25) is 0 Å². The predicted molar refractivity (Wildman–Crippen MR) is 132 cm³/mol. The van der Waals surface area contributed by atoms with Crippen LogP contribution in [0.1, 0.15) is 52.4 Å². The Kier molecular flexibility index (Phi) is 6.93. The Balaban J connectivity index is 1.41. The number of ether oxygens (including phenoxy) is 2. The average Bonchev–Trinajstić information content (AvgIpc) is 3.58. The Morgan fingerprint density at radius 2 is 2.00 bits per heavy atom. The van der Waals surface area contributed by atoms with Gasteiger partial charge in [0.1, 0.15) is 29.7 Å². The van der Waals surface area contributed by atoms with Gasteiger partial charge in [-0.1, -0.05) is 30.2 Å². The van der Waals surface area contributed by atoms with E-state index in [2.05, 4.69) is 15.6 Å². The molecule has 11 nitrogen and oxygen atoms in total. The predicted octanol–water partition coefficient (Wildman–Crippen LogP) is 1.39. The van der Waals surface area contributed by atoms with Crippen molar-refractivity contribution in [1.29, 1.82) is 0 Å². The van der Waals surface area contributed by atoms with Crippen molar-refractivity contribution in [3.8, 4) is 0 Å². The fourth-order valence-electron chi connectivity index (χ4n) is 6.59. The maximum absolute atomic E-state index is 13.9. The molecule has 2 amide bonds. The SMILES string of the molecule is CCOC(=O)[C@@H]1[C@H]2C(=O)N(CCCCCCO)C(C(=O)NCn3nnc4ccccc43)C23CC[C@@]1(C)O3. The molecule has 4 heterocycles. The highest BCUT2D eigenvalue weighted by Crippen LogP contribution is 2.63. The number of aromatic nitrogens is 3. The monoisotopic (exact) mass is 513 g/mol. The highest BCUT2D eigenvalue weighted by molar-refractivity contribution is 5.98. The van der Waals surface area contributed by atoms with Crippen LogP contribution in [-0.2, 0) is 30.5 Å². The Hall–Kier alpha value is -3.05. The van der Waals surface area contributed by atoms with Gasteiger partial charge in [0.15, 0.2) is 0 Å². The lowest BCUT2D eigenvalue weighted by Crippen LogP contribution is -2.55. The summed E-state index contributed by atoms with van der Waals surface area (Å²) in [7, 11) is 0. The van der Waals surface area contributed by atoms with Crippen molar-refractivity contribution in [2.24, 2.45) is 11.8 Å². The van der Waals surface area contributed by atoms with Gasteiger partial charge in [-0.05, 0) is 51.7 Å². The molecule has 200 valence electrons. The van der Waals surface area contributed by atoms with Crippen LogP contribution in [0, 0.1) is 11.8 Å². The van der Waals surface area contributed by atoms with E-state index in [9.17, 15) is 14.4 Å². The minimum absolute atomic E-state index is 0.0910. The van der Waals surface area contributed by atoms with Gasteiger partial charge in [-0.15, -0.1) is 5.10 Å². The summed E-state index contributed by atoms with van der Waals surface area (Å²) >= 11 is 0. The second kappa shape index (κ2) is 10.0. The van der Waals surface area contributed by atoms with Gasteiger partial charge >= 0.3 is 5.97 Å².